The number of carbonyl (C=O) groups is 2. The van der Waals surface area contributed by atoms with Gasteiger partial charge in [0.2, 0.25) is 0 Å². The Balaban J connectivity index is 2.09. The summed E-state index contributed by atoms with van der Waals surface area (Å²) in [5.41, 5.74) is 0.348. The van der Waals surface area contributed by atoms with Gasteiger partial charge in [0.25, 0.3) is 5.91 Å². The van der Waals surface area contributed by atoms with Gasteiger partial charge in [-0.2, -0.15) is 0 Å². The van der Waals surface area contributed by atoms with E-state index in [2.05, 4.69) is 15.9 Å². The predicted octanol–water partition coefficient (Wildman–Crippen LogP) is 2.66. The smallest absolute Gasteiger partial charge is 0.260 e. The van der Waals surface area contributed by atoms with Crippen LogP contribution in [0.3, 0.4) is 0 Å². The summed E-state index contributed by atoms with van der Waals surface area (Å²) in [5, 5.41) is 0. The van der Waals surface area contributed by atoms with E-state index in [1.807, 2.05) is 0 Å². The number of piperidine rings is 1. The Bertz CT molecular complexity index is 527. The molecule has 0 saturated carbocycles. The fourth-order valence-corrected chi connectivity index (χ4v) is 2.75. The van der Waals surface area contributed by atoms with Crippen molar-refractivity contribution in [2.75, 3.05) is 26.8 Å². The number of hydrogen-bond donors (Lipinski definition) is 0. The van der Waals surface area contributed by atoms with Crippen molar-refractivity contribution < 1.29 is 19.1 Å². The first-order chi connectivity index (χ1) is 10.2. The van der Waals surface area contributed by atoms with Crippen molar-refractivity contribution in [1.29, 1.82) is 0 Å². The molecular formula is C15H18BrNO4. The van der Waals surface area contributed by atoms with Crippen LogP contribution in [0.1, 0.15) is 29.6 Å². The zero-order valence-corrected chi connectivity index (χ0v) is 13.5. The zero-order valence-electron chi connectivity index (χ0n) is 11.9. The molecule has 0 aliphatic carbocycles. The third-order valence-corrected chi connectivity index (χ3v) is 4.18. The number of rotatable bonds is 5. The minimum Gasteiger partial charge on any atom is -0.493 e. The maximum Gasteiger partial charge on any atom is 0.260 e. The van der Waals surface area contributed by atoms with Crippen molar-refractivity contribution in [3.05, 3.63) is 22.2 Å². The summed E-state index contributed by atoms with van der Waals surface area (Å²) < 4.78 is 11.4. The number of aldehydes is 1. The van der Waals surface area contributed by atoms with Gasteiger partial charge in [-0.25, -0.2) is 0 Å². The van der Waals surface area contributed by atoms with Crippen LogP contribution in [0.4, 0.5) is 0 Å². The molecule has 0 unspecified atom stereocenters. The summed E-state index contributed by atoms with van der Waals surface area (Å²) in [6.07, 6.45) is 3.92. The van der Waals surface area contributed by atoms with Crippen molar-refractivity contribution >= 4 is 28.1 Å². The fourth-order valence-electron chi connectivity index (χ4n) is 2.34. The first kappa shape index (κ1) is 15.8. The Kier molecular flexibility index (Phi) is 5.61. The van der Waals surface area contributed by atoms with Crippen LogP contribution in [0, 0.1) is 0 Å². The SMILES string of the molecule is COc1ccc(Br)c(C=O)c1OCC(=O)N1CCCCC1. The van der Waals surface area contributed by atoms with Crippen LogP contribution >= 0.6 is 15.9 Å². The molecule has 0 bridgehead atoms. The van der Waals surface area contributed by atoms with Crippen molar-refractivity contribution in [3.8, 4) is 11.5 Å². The molecule has 0 spiro atoms. The van der Waals surface area contributed by atoms with Crippen LogP contribution in [0.15, 0.2) is 16.6 Å². The van der Waals surface area contributed by atoms with Gasteiger partial charge in [-0.3, -0.25) is 9.59 Å². The Morgan fingerprint density at radius 1 is 1.33 bits per heavy atom. The summed E-state index contributed by atoms with van der Waals surface area (Å²) in [6.45, 7) is 1.46. The monoisotopic (exact) mass is 355 g/mol. The minimum atomic E-state index is -0.0896. The molecule has 1 fully saturated rings. The van der Waals surface area contributed by atoms with E-state index in [0.29, 0.717) is 27.8 Å². The molecule has 114 valence electrons. The molecule has 2 rings (SSSR count). The quantitative estimate of drug-likeness (QED) is 0.762. The molecule has 1 amide bonds. The molecule has 1 aromatic carbocycles. The summed E-state index contributed by atoms with van der Waals surface area (Å²) in [4.78, 5) is 25.1. The van der Waals surface area contributed by atoms with Crippen LogP contribution in [-0.2, 0) is 4.79 Å². The molecular weight excluding hydrogens is 338 g/mol. The lowest BCUT2D eigenvalue weighted by molar-refractivity contribution is -0.134. The summed E-state index contributed by atoms with van der Waals surface area (Å²) in [5.74, 6) is 0.674. The molecule has 5 nitrogen and oxygen atoms in total. The second-order valence-corrected chi connectivity index (χ2v) is 5.69. The van der Waals surface area contributed by atoms with E-state index in [0.717, 1.165) is 25.9 Å². The number of benzene rings is 1. The Labute approximate surface area is 132 Å². The lowest BCUT2D eigenvalue weighted by Gasteiger charge is -2.26. The van der Waals surface area contributed by atoms with Gasteiger partial charge in [-0.05, 0) is 47.3 Å². The molecule has 1 saturated heterocycles. The molecule has 6 heteroatoms. The first-order valence-electron chi connectivity index (χ1n) is 6.89. The highest BCUT2D eigenvalue weighted by molar-refractivity contribution is 9.10. The molecule has 0 aromatic heterocycles. The average molecular weight is 356 g/mol. The van der Waals surface area contributed by atoms with E-state index in [1.54, 1.807) is 17.0 Å². The van der Waals surface area contributed by atoms with Crippen LogP contribution in [0.5, 0.6) is 11.5 Å². The predicted molar refractivity (Wildman–Crippen MR) is 82.0 cm³/mol. The third-order valence-electron chi connectivity index (χ3n) is 3.49. The van der Waals surface area contributed by atoms with E-state index in [1.165, 1.54) is 13.5 Å². The number of methoxy groups -OCH3 is 1. The topological polar surface area (TPSA) is 55.8 Å². The van der Waals surface area contributed by atoms with Gasteiger partial charge < -0.3 is 14.4 Å². The number of likely N-dealkylation sites (tertiary alicyclic amines) is 1. The van der Waals surface area contributed by atoms with E-state index in [-0.39, 0.29) is 12.5 Å². The van der Waals surface area contributed by atoms with Crippen molar-refractivity contribution in [2.45, 2.75) is 19.3 Å². The Morgan fingerprint density at radius 3 is 2.67 bits per heavy atom. The Hall–Kier alpha value is -1.56. The van der Waals surface area contributed by atoms with Crippen molar-refractivity contribution in [2.24, 2.45) is 0 Å². The molecule has 0 radical (unpaired) electrons. The highest BCUT2D eigenvalue weighted by atomic mass is 79.9. The number of carbonyl (C=O) groups excluding carboxylic acids is 2. The number of halogens is 1. The van der Waals surface area contributed by atoms with Gasteiger partial charge in [0.15, 0.2) is 24.4 Å². The van der Waals surface area contributed by atoms with Gasteiger partial charge in [0, 0.05) is 17.6 Å². The number of ether oxygens (including phenoxy) is 2. The second kappa shape index (κ2) is 7.45. The van der Waals surface area contributed by atoms with E-state index in [4.69, 9.17) is 9.47 Å². The number of nitrogens with zero attached hydrogens (tertiary/aromatic N) is 1. The van der Waals surface area contributed by atoms with Crippen LogP contribution in [-0.4, -0.2) is 43.9 Å². The summed E-state index contributed by atoms with van der Waals surface area (Å²) in [6, 6.07) is 3.40. The second-order valence-electron chi connectivity index (χ2n) is 4.84. The molecule has 1 aromatic rings. The largest absolute Gasteiger partial charge is 0.493 e. The first-order valence-corrected chi connectivity index (χ1v) is 7.69. The maximum atomic E-state index is 12.1. The third kappa shape index (κ3) is 3.75. The molecule has 1 aliphatic heterocycles. The molecule has 1 heterocycles. The molecule has 0 atom stereocenters. The number of amides is 1. The standard InChI is InChI=1S/C15H18BrNO4/c1-20-13-6-5-12(16)11(9-18)15(13)21-10-14(19)17-7-3-2-4-8-17/h5-6,9H,2-4,7-8,10H2,1H3. The van der Waals surface area contributed by atoms with Gasteiger partial charge >= 0.3 is 0 Å². The lowest BCUT2D eigenvalue weighted by Crippen LogP contribution is -2.38. The number of hydrogen-bond acceptors (Lipinski definition) is 4. The zero-order chi connectivity index (χ0) is 15.2. The lowest BCUT2D eigenvalue weighted by atomic mass is 10.1. The average Bonchev–Trinajstić information content (AvgIpc) is 2.53. The molecule has 0 N–H and O–H groups in total. The van der Waals surface area contributed by atoms with Crippen LogP contribution in [0.2, 0.25) is 0 Å². The van der Waals surface area contributed by atoms with Crippen molar-refractivity contribution in [1.82, 2.24) is 4.90 Å². The highest BCUT2D eigenvalue weighted by Crippen LogP contribution is 2.35. The summed E-state index contributed by atoms with van der Waals surface area (Å²) in [7, 11) is 1.50. The van der Waals surface area contributed by atoms with Crippen LogP contribution in [0.25, 0.3) is 0 Å². The van der Waals surface area contributed by atoms with E-state index < -0.39 is 0 Å². The normalized spacial score (nSPS) is 14.7. The van der Waals surface area contributed by atoms with E-state index in [9.17, 15) is 9.59 Å². The minimum absolute atomic E-state index is 0.0615. The highest BCUT2D eigenvalue weighted by Gasteiger charge is 2.19. The van der Waals surface area contributed by atoms with Gasteiger partial charge in [-0.1, -0.05) is 0 Å². The molecule has 21 heavy (non-hydrogen) atoms. The van der Waals surface area contributed by atoms with E-state index >= 15 is 0 Å². The summed E-state index contributed by atoms with van der Waals surface area (Å²) >= 11 is 3.29. The van der Waals surface area contributed by atoms with Gasteiger partial charge in [0.1, 0.15) is 0 Å². The molecule has 1 aliphatic rings. The fraction of sp³-hybridized carbons (Fsp3) is 0.467. The van der Waals surface area contributed by atoms with Crippen LogP contribution < -0.4 is 9.47 Å². The van der Waals surface area contributed by atoms with Crippen molar-refractivity contribution in [3.63, 3.8) is 0 Å². The Morgan fingerprint density at radius 2 is 2.05 bits per heavy atom. The van der Waals surface area contributed by atoms with Gasteiger partial charge in [0.05, 0.1) is 12.7 Å². The van der Waals surface area contributed by atoms with Gasteiger partial charge in [-0.15, -0.1) is 0 Å². The maximum absolute atomic E-state index is 12.1.